The largest absolute Gasteiger partial charge is 0.310 e. The fraction of sp³-hybridized carbons (Fsp3) is 0.0476. The van der Waals surface area contributed by atoms with E-state index in [1.807, 2.05) is 0 Å². The Morgan fingerprint density at radius 2 is 0.738 bits per heavy atom. The summed E-state index contributed by atoms with van der Waals surface area (Å²) < 4.78 is 2.42. The summed E-state index contributed by atoms with van der Waals surface area (Å²) in [5.74, 6) is 0. The lowest BCUT2D eigenvalue weighted by Crippen LogP contribution is -2.16. The Hall–Kier alpha value is -8.20. The molecule has 1 heterocycles. The van der Waals surface area contributed by atoms with Gasteiger partial charge in [0.15, 0.2) is 0 Å². The number of benzene rings is 10. The van der Waals surface area contributed by atoms with E-state index in [4.69, 9.17) is 0 Å². The number of hydrogen-bond donors (Lipinski definition) is 0. The van der Waals surface area contributed by atoms with Crippen LogP contribution in [0.15, 0.2) is 243 Å². The van der Waals surface area contributed by atoms with E-state index >= 15 is 0 Å². The monoisotopic (exact) mass is 830 g/mol. The van der Waals surface area contributed by atoms with E-state index in [0.29, 0.717) is 0 Å². The standard InChI is InChI=1S/C63H46N2/c1-63(2)57-22-13-12-21-54(57)62-58(63)23-14-24-61(62)64(51-33-25-46(26-34-51)43-15-6-3-7-16-43)52-35-27-47(28-36-52)48-29-37-53(38-30-48)65-59-39-31-49(44-17-8-4-9-18-44)41-55(59)56-42-50(32-40-60(56)65)45-19-10-5-11-20-45/h3-42H,1-2H3. The molecule has 0 unspecified atom stereocenters. The first-order chi connectivity index (χ1) is 32.0. The Kier molecular flexibility index (Phi) is 9.21. The topological polar surface area (TPSA) is 8.17 Å². The Labute approximate surface area is 381 Å². The van der Waals surface area contributed by atoms with Gasteiger partial charge in [-0.05, 0) is 128 Å². The van der Waals surface area contributed by atoms with Crippen molar-refractivity contribution in [2.24, 2.45) is 0 Å². The first-order valence-electron chi connectivity index (χ1n) is 22.6. The fourth-order valence-corrected chi connectivity index (χ4v) is 10.3. The summed E-state index contributed by atoms with van der Waals surface area (Å²) in [7, 11) is 0. The van der Waals surface area contributed by atoms with Crippen LogP contribution in [0, 0.1) is 0 Å². The van der Waals surface area contributed by atoms with Crippen LogP contribution in [0.3, 0.4) is 0 Å². The number of rotatable bonds is 8. The average Bonchev–Trinajstić information content (AvgIpc) is 3.83. The third-order valence-electron chi connectivity index (χ3n) is 13.6. The van der Waals surface area contributed by atoms with Crippen molar-refractivity contribution in [3.63, 3.8) is 0 Å². The zero-order valence-corrected chi connectivity index (χ0v) is 36.5. The Balaban J connectivity index is 0.931. The zero-order valence-electron chi connectivity index (χ0n) is 36.5. The second-order valence-electron chi connectivity index (χ2n) is 17.7. The van der Waals surface area contributed by atoms with Gasteiger partial charge in [0.2, 0.25) is 0 Å². The molecule has 0 aliphatic heterocycles. The first kappa shape index (κ1) is 38.5. The molecule has 2 nitrogen and oxygen atoms in total. The molecule has 10 aromatic carbocycles. The van der Waals surface area contributed by atoms with Gasteiger partial charge in [0.05, 0.1) is 16.7 Å². The number of aromatic nitrogens is 1. The number of anilines is 3. The van der Waals surface area contributed by atoms with E-state index in [2.05, 4.69) is 266 Å². The van der Waals surface area contributed by atoms with Gasteiger partial charge >= 0.3 is 0 Å². The van der Waals surface area contributed by atoms with Crippen LogP contribution in [0.4, 0.5) is 17.1 Å². The van der Waals surface area contributed by atoms with Crippen molar-refractivity contribution in [1.29, 1.82) is 0 Å². The summed E-state index contributed by atoms with van der Waals surface area (Å²) in [5, 5.41) is 2.49. The van der Waals surface area contributed by atoms with Gasteiger partial charge in [-0.2, -0.15) is 0 Å². The van der Waals surface area contributed by atoms with E-state index < -0.39 is 0 Å². The van der Waals surface area contributed by atoms with Gasteiger partial charge in [0, 0.05) is 38.8 Å². The molecular formula is C63H46N2. The van der Waals surface area contributed by atoms with E-state index in [1.54, 1.807) is 0 Å². The summed E-state index contributed by atoms with van der Waals surface area (Å²) in [5.41, 5.74) is 21.8. The Morgan fingerprint density at radius 3 is 1.25 bits per heavy atom. The average molecular weight is 831 g/mol. The predicted molar refractivity (Wildman–Crippen MR) is 275 cm³/mol. The van der Waals surface area contributed by atoms with Crippen molar-refractivity contribution in [1.82, 2.24) is 4.57 Å². The molecule has 0 atom stereocenters. The number of fused-ring (bicyclic) bond motifs is 6. The van der Waals surface area contributed by atoms with Crippen molar-refractivity contribution in [2.75, 3.05) is 4.90 Å². The molecule has 11 aromatic rings. The van der Waals surface area contributed by atoms with E-state index in [0.717, 1.165) is 17.1 Å². The number of nitrogens with zero attached hydrogens (tertiary/aromatic N) is 2. The van der Waals surface area contributed by atoms with Gasteiger partial charge in [-0.1, -0.05) is 190 Å². The van der Waals surface area contributed by atoms with Crippen LogP contribution in [0.2, 0.25) is 0 Å². The van der Waals surface area contributed by atoms with Crippen LogP contribution in [0.1, 0.15) is 25.0 Å². The molecule has 0 saturated heterocycles. The molecule has 0 fully saturated rings. The molecule has 0 N–H and O–H groups in total. The van der Waals surface area contributed by atoms with Crippen molar-refractivity contribution in [2.45, 2.75) is 19.3 Å². The molecule has 65 heavy (non-hydrogen) atoms. The maximum atomic E-state index is 2.44. The Bertz CT molecular complexity index is 3410. The highest BCUT2D eigenvalue weighted by atomic mass is 15.1. The third kappa shape index (κ3) is 6.57. The van der Waals surface area contributed by atoms with Crippen molar-refractivity contribution in [3.05, 3.63) is 254 Å². The molecule has 1 aromatic heterocycles. The molecule has 308 valence electrons. The van der Waals surface area contributed by atoms with Crippen LogP contribution >= 0.6 is 0 Å². The summed E-state index contributed by atoms with van der Waals surface area (Å²) in [6.07, 6.45) is 0. The lowest BCUT2D eigenvalue weighted by molar-refractivity contribution is 0.660. The van der Waals surface area contributed by atoms with Crippen LogP contribution in [0.5, 0.6) is 0 Å². The maximum absolute atomic E-state index is 2.44. The molecule has 0 spiro atoms. The molecule has 0 radical (unpaired) electrons. The van der Waals surface area contributed by atoms with Crippen LogP contribution < -0.4 is 4.90 Å². The van der Waals surface area contributed by atoms with Gasteiger partial charge in [-0.25, -0.2) is 0 Å². The maximum Gasteiger partial charge on any atom is 0.0543 e. The molecule has 0 saturated carbocycles. The second kappa shape index (κ2) is 15.6. The summed E-state index contributed by atoms with van der Waals surface area (Å²) >= 11 is 0. The molecule has 2 heteroatoms. The molecule has 1 aliphatic carbocycles. The van der Waals surface area contributed by atoms with Crippen molar-refractivity contribution >= 4 is 38.9 Å². The van der Waals surface area contributed by atoms with E-state index in [-0.39, 0.29) is 5.41 Å². The Morgan fingerprint density at radius 1 is 0.338 bits per heavy atom. The summed E-state index contributed by atoms with van der Waals surface area (Å²) in [6.45, 7) is 4.70. The van der Waals surface area contributed by atoms with Gasteiger partial charge in [0.1, 0.15) is 0 Å². The van der Waals surface area contributed by atoms with Gasteiger partial charge < -0.3 is 9.47 Å². The highest BCUT2D eigenvalue weighted by Crippen LogP contribution is 2.54. The van der Waals surface area contributed by atoms with Crippen molar-refractivity contribution in [3.8, 4) is 61.3 Å². The summed E-state index contributed by atoms with van der Waals surface area (Å²) in [4.78, 5) is 2.44. The lowest BCUT2D eigenvalue weighted by Gasteiger charge is -2.29. The summed E-state index contributed by atoms with van der Waals surface area (Å²) in [6, 6.07) is 88.7. The molecule has 0 amide bonds. The molecule has 12 rings (SSSR count). The lowest BCUT2D eigenvalue weighted by atomic mass is 9.82. The number of hydrogen-bond acceptors (Lipinski definition) is 1. The predicted octanol–water partition coefficient (Wildman–Crippen LogP) is 17.2. The minimum absolute atomic E-state index is 0.101. The normalized spacial score (nSPS) is 12.6. The van der Waals surface area contributed by atoms with Crippen LogP contribution in [0.25, 0.3) is 83.1 Å². The quantitative estimate of drug-likeness (QED) is 0.148. The van der Waals surface area contributed by atoms with Gasteiger partial charge in [-0.15, -0.1) is 0 Å². The van der Waals surface area contributed by atoms with Gasteiger partial charge in [-0.3, -0.25) is 0 Å². The van der Waals surface area contributed by atoms with E-state index in [9.17, 15) is 0 Å². The smallest absolute Gasteiger partial charge is 0.0543 e. The SMILES string of the molecule is CC1(C)c2ccccc2-c2c(N(c3ccc(-c4ccccc4)cc3)c3ccc(-c4ccc(-n5c6ccc(-c7ccccc7)cc6c6cc(-c7ccccc7)ccc65)cc4)cc3)cccc21. The van der Waals surface area contributed by atoms with Gasteiger partial charge in [0.25, 0.3) is 0 Å². The van der Waals surface area contributed by atoms with Crippen LogP contribution in [-0.2, 0) is 5.41 Å². The second-order valence-corrected chi connectivity index (χ2v) is 17.7. The first-order valence-corrected chi connectivity index (χ1v) is 22.6. The molecule has 0 bridgehead atoms. The molecular weight excluding hydrogens is 785 g/mol. The molecule has 1 aliphatic rings. The van der Waals surface area contributed by atoms with E-state index in [1.165, 1.54) is 94.3 Å². The highest BCUT2D eigenvalue weighted by Gasteiger charge is 2.37. The minimum Gasteiger partial charge on any atom is -0.310 e. The fourth-order valence-electron chi connectivity index (χ4n) is 10.3. The zero-order chi connectivity index (χ0) is 43.5. The van der Waals surface area contributed by atoms with Crippen molar-refractivity contribution < 1.29 is 0 Å². The minimum atomic E-state index is -0.101. The van der Waals surface area contributed by atoms with Crippen LogP contribution in [-0.4, -0.2) is 4.57 Å². The third-order valence-corrected chi connectivity index (χ3v) is 13.6. The highest BCUT2D eigenvalue weighted by molar-refractivity contribution is 6.11.